The van der Waals surface area contributed by atoms with Crippen molar-refractivity contribution in [1.82, 2.24) is 0 Å². The Morgan fingerprint density at radius 2 is 1.89 bits per heavy atom. The maximum Gasteiger partial charge on any atom is 0.0341 e. The van der Waals surface area contributed by atoms with Crippen molar-refractivity contribution in [3.05, 3.63) is 36.4 Å². The summed E-state index contributed by atoms with van der Waals surface area (Å²) in [5.74, 6) is 0.829. The number of anilines is 1. The summed E-state index contributed by atoms with van der Waals surface area (Å²) in [6.45, 7) is 1.12. The molecule has 18 heavy (non-hydrogen) atoms. The number of hydrogen-bond acceptors (Lipinski definition) is 2. The van der Waals surface area contributed by atoms with Crippen molar-refractivity contribution in [2.75, 3.05) is 18.1 Å². The second-order valence-corrected chi connectivity index (χ2v) is 5.83. The van der Waals surface area contributed by atoms with E-state index in [0.29, 0.717) is 0 Å². The van der Waals surface area contributed by atoms with Gasteiger partial charge < -0.3 is 5.32 Å². The van der Waals surface area contributed by atoms with Crippen LogP contribution in [0.15, 0.2) is 41.3 Å². The highest BCUT2D eigenvalue weighted by molar-refractivity contribution is 7.98. The van der Waals surface area contributed by atoms with E-state index in [4.69, 9.17) is 0 Å². The van der Waals surface area contributed by atoms with Crippen LogP contribution in [0, 0.1) is 5.92 Å². The first-order valence-corrected chi connectivity index (χ1v) is 8.14. The summed E-state index contributed by atoms with van der Waals surface area (Å²) in [5.41, 5.74) is 1.26. The monoisotopic (exact) mass is 261 g/mol. The summed E-state index contributed by atoms with van der Waals surface area (Å²) < 4.78 is 0. The van der Waals surface area contributed by atoms with Crippen molar-refractivity contribution < 1.29 is 0 Å². The smallest absolute Gasteiger partial charge is 0.0341 e. The Morgan fingerprint density at radius 1 is 1.11 bits per heavy atom. The lowest BCUT2D eigenvalue weighted by atomic mass is 9.94. The van der Waals surface area contributed by atoms with Crippen LogP contribution in [0.1, 0.15) is 32.1 Å². The van der Waals surface area contributed by atoms with Gasteiger partial charge in [-0.05, 0) is 68.5 Å². The number of thioether (sulfide) groups is 1. The molecule has 2 rings (SSSR count). The van der Waals surface area contributed by atoms with Crippen LogP contribution in [-0.2, 0) is 0 Å². The third kappa shape index (κ3) is 4.41. The van der Waals surface area contributed by atoms with Gasteiger partial charge in [0.2, 0.25) is 0 Å². The molecule has 0 heterocycles. The highest BCUT2D eigenvalue weighted by Crippen LogP contribution is 2.21. The van der Waals surface area contributed by atoms with Crippen LogP contribution in [0.4, 0.5) is 5.69 Å². The number of rotatable bonds is 4. The first kappa shape index (κ1) is 13.5. The molecule has 1 aliphatic carbocycles. The molecule has 1 aromatic carbocycles. The van der Waals surface area contributed by atoms with Gasteiger partial charge in [0, 0.05) is 17.1 Å². The minimum Gasteiger partial charge on any atom is -0.385 e. The van der Waals surface area contributed by atoms with Crippen molar-refractivity contribution in [2.24, 2.45) is 5.92 Å². The van der Waals surface area contributed by atoms with Gasteiger partial charge in [-0.15, -0.1) is 11.8 Å². The predicted molar refractivity (Wildman–Crippen MR) is 82.4 cm³/mol. The Morgan fingerprint density at radius 3 is 2.67 bits per heavy atom. The van der Waals surface area contributed by atoms with Crippen LogP contribution in [0.2, 0.25) is 0 Å². The normalized spacial score (nSPS) is 20.2. The number of benzene rings is 1. The summed E-state index contributed by atoms with van der Waals surface area (Å²) in [6.07, 6.45) is 13.3. The molecule has 0 bridgehead atoms. The predicted octanol–water partition coefficient (Wildman–Crippen LogP) is 4.96. The topological polar surface area (TPSA) is 12.0 Å². The fourth-order valence-corrected chi connectivity index (χ4v) is 2.82. The van der Waals surface area contributed by atoms with Crippen LogP contribution in [-0.4, -0.2) is 12.8 Å². The second kappa shape index (κ2) is 7.52. The van der Waals surface area contributed by atoms with Gasteiger partial charge in [-0.25, -0.2) is 0 Å². The lowest BCUT2D eigenvalue weighted by Gasteiger charge is -2.18. The Labute approximate surface area is 115 Å². The highest BCUT2D eigenvalue weighted by Gasteiger charge is 2.08. The van der Waals surface area contributed by atoms with Gasteiger partial charge >= 0.3 is 0 Å². The van der Waals surface area contributed by atoms with Gasteiger partial charge in [0.15, 0.2) is 0 Å². The van der Waals surface area contributed by atoms with Gasteiger partial charge in [0.05, 0.1) is 0 Å². The minimum atomic E-state index is 0.829. The Bertz CT molecular complexity index is 369. The summed E-state index contributed by atoms with van der Waals surface area (Å²) in [4.78, 5) is 1.33. The molecule has 0 saturated carbocycles. The van der Waals surface area contributed by atoms with Gasteiger partial charge in [-0.3, -0.25) is 0 Å². The first-order chi connectivity index (χ1) is 8.88. The summed E-state index contributed by atoms with van der Waals surface area (Å²) in [7, 11) is 0. The van der Waals surface area contributed by atoms with Crippen molar-refractivity contribution in [3.8, 4) is 0 Å². The van der Waals surface area contributed by atoms with Gasteiger partial charge in [0.25, 0.3) is 0 Å². The zero-order valence-electron chi connectivity index (χ0n) is 11.2. The number of allylic oxidation sites excluding steroid dienone is 2. The van der Waals surface area contributed by atoms with E-state index < -0.39 is 0 Å². The maximum absolute atomic E-state index is 3.58. The SMILES string of the molecule is CSc1ccc(NCC2CCC=CCCC2)cc1. The number of hydrogen-bond donors (Lipinski definition) is 1. The molecule has 0 aliphatic heterocycles. The lowest BCUT2D eigenvalue weighted by molar-refractivity contribution is 0.456. The van der Waals surface area contributed by atoms with E-state index in [1.165, 1.54) is 42.7 Å². The molecule has 0 aromatic heterocycles. The Balaban J connectivity index is 1.80. The molecule has 98 valence electrons. The molecule has 0 saturated heterocycles. The van der Waals surface area contributed by atoms with Crippen LogP contribution in [0.5, 0.6) is 0 Å². The molecule has 0 fully saturated rings. The first-order valence-electron chi connectivity index (χ1n) is 6.91. The largest absolute Gasteiger partial charge is 0.385 e. The molecule has 0 radical (unpaired) electrons. The molecular formula is C16H23NS. The summed E-state index contributed by atoms with van der Waals surface area (Å²) in [5, 5.41) is 3.58. The van der Waals surface area contributed by atoms with Crippen molar-refractivity contribution in [3.63, 3.8) is 0 Å². The van der Waals surface area contributed by atoms with Gasteiger partial charge in [-0.1, -0.05) is 12.2 Å². The maximum atomic E-state index is 3.58. The molecule has 0 spiro atoms. The van der Waals surface area contributed by atoms with Crippen LogP contribution < -0.4 is 5.32 Å². The van der Waals surface area contributed by atoms with E-state index in [2.05, 4.69) is 48.0 Å². The third-order valence-electron chi connectivity index (χ3n) is 3.58. The van der Waals surface area contributed by atoms with E-state index in [1.807, 2.05) is 0 Å². The van der Waals surface area contributed by atoms with E-state index in [-0.39, 0.29) is 0 Å². The summed E-state index contributed by atoms with van der Waals surface area (Å²) >= 11 is 1.79. The minimum absolute atomic E-state index is 0.829. The molecule has 1 atom stereocenters. The molecule has 1 nitrogen and oxygen atoms in total. The molecule has 1 N–H and O–H groups in total. The molecule has 1 unspecified atom stereocenters. The average Bonchev–Trinajstić information content (AvgIpc) is 2.38. The van der Waals surface area contributed by atoms with Crippen molar-refractivity contribution in [1.29, 1.82) is 0 Å². The van der Waals surface area contributed by atoms with E-state index >= 15 is 0 Å². The molecular weight excluding hydrogens is 238 g/mol. The average molecular weight is 261 g/mol. The molecule has 2 heteroatoms. The van der Waals surface area contributed by atoms with Gasteiger partial charge in [0.1, 0.15) is 0 Å². The van der Waals surface area contributed by atoms with Crippen LogP contribution in [0.25, 0.3) is 0 Å². The van der Waals surface area contributed by atoms with Crippen molar-refractivity contribution >= 4 is 17.4 Å². The zero-order valence-corrected chi connectivity index (χ0v) is 12.0. The molecule has 1 aromatic rings. The van der Waals surface area contributed by atoms with Crippen LogP contribution in [0.3, 0.4) is 0 Å². The zero-order chi connectivity index (χ0) is 12.6. The highest BCUT2D eigenvalue weighted by atomic mass is 32.2. The standard InChI is InChI=1S/C16H23NS/c1-18-16-11-9-15(10-12-16)17-13-14-7-5-3-2-4-6-8-14/h2-3,9-12,14,17H,4-8,13H2,1H3. The Kier molecular flexibility index (Phi) is 5.66. The Hall–Kier alpha value is -0.890. The fourth-order valence-electron chi connectivity index (χ4n) is 2.41. The van der Waals surface area contributed by atoms with Crippen LogP contribution >= 0.6 is 11.8 Å². The van der Waals surface area contributed by atoms with E-state index in [9.17, 15) is 0 Å². The fraction of sp³-hybridized carbons (Fsp3) is 0.500. The van der Waals surface area contributed by atoms with E-state index in [0.717, 1.165) is 12.5 Å². The lowest BCUT2D eigenvalue weighted by Crippen LogP contribution is -2.14. The van der Waals surface area contributed by atoms with Crippen molar-refractivity contribution in [2.45, 2.75) is 37.0 Å². The number of nitrogens with one attached hydrogen (secondary N) is 1. The van der Waals surface area contributed by atoms with Gasteiger partial charge in [-0.2, -0.15) is 0 Å². The summed E-state index contributed by atoms with van der Waals surface area (Å²) in [6, 6.07) is 8.76. The van der Waals surface area contributed by atoms with E-state index in [1.54, 1.807) is 11.8 Å². The second-order valence-electron chi connectivity index (χ2n) is 4.96. The third-order valence-corrected chi connectivity index (χ3v) is 4.32. The quantitative estimate of drug-likeness (QED) is 0.607. The molecule has 0 amide bonds. The molecule has 1 aliphatic rings.